The summed E-state index contributed by atoms with van der Waals surface area (Å²) in [6, 6.07) is 5.56. The summed E-state index contributed by atoms with van der Waals surface area (Å²) in [4.78, 5) is 37.8. The summed E-state index contributed by atoms with van der Waals surface area (Å²) in [5.41, 5.74) is 3.48. The number of hydrogen-bond donors (Lipinski definition) is 3. The van der Waals surface area contributed by atoms with Gasteiger partial charge >= 0.3 is 0 Å². The van der Waals surface area contributed by atoms with Crippen molar-refractivity contribution in [3.05, 3.63) is 46.8 Å². The molecule has 156 valence electrons. The summed E-state index contributed by atoms with van der Waals surface area (Å²) < 4.78 is 1.90. The second-order valence-corrected chi connectivity index (χ2v) is 8.00. The van der Waals surface area contributed by atoms with Gasteiger partial charge in [-0.3, -0.25) is 19.7 Å². The zero-order valence-corrected chi connectivity index (χ0v) is 16.4. The van der Waals surface area contributed by atoms with Crippen LogP contribution < -0.4 is 16.0 Å². The van der Waals surface area contributed by atoms with Crippen LogP contribution in [0.1, 0.15) is 46.1 Å². The summed E-state index contributed by atoms with van der Waals surface area (Å²) in [6.07, 6.45) is 2.60. The van der Waals surface area contributed by atoms with E-state index >= 15 is 0 Å². The highest BCUT2D eigenvalue weighted by atomic mass is 16.2. The van der Waals surface area contributed by atoms with Gasteiger partial charge in [-0.15, -0.1) is 5.10 Å². The molecule has 10 nitrogen and oxygen atoms in total. The average Bonchev–Trinajstić information content (AvgIpc) is 3.25. The number of fused-ring (bicyclic) bond motifs is 1. The lowest BCUT2D eigenvalue weighted by Crippen LogP contribution is -2.52. The molecule has 1 aromatic heterocycles. The first-order valence-electron chi connectivity index (χ1n) is 10.2. The molecule has 5 rings (SSSR count). The zero-order chi connectivity index (χ0) is 20.7. The Kier molecular flexibility index (Phi) is 4.80. The molecule has 2 aromatic rings. The highest BCUT2D eigenvalue weighted by Crippen LogP contribution is 2.28. The Balaban J connectivity index is 1.19. The number of hydrogen-bond acceptors (Lipinski definition) is 7. The van der Waals surface area contributed by atoms with Crippen molar-refractivity contribution < 1.29 is 14.4 Å². The molecule has 30 heavy (non-hydrogen) atoms. The number of amides is 3. The monoisotopic (exact) mass is 409 g/mol. The normalized spacial score (nSPS) is 21.5. The van der Waals surface area contributed by atoms with Crippen molar-refractivity contribution in [2.45, 2.75) is 44.6 Å². The van der Waals surface area contributed by atoms with Crippen LogP contribution in [-0.2, 0) is 29.2 Å². The van der Waals surface area contributed by atoms with Crippen LogP contribution in [0, 0.1) is 0 Å². The fraction of sp³-hybridized carbons (Fsp3) is 0.450. The molecule has 3 aliphatic rings. The number of benzene rings is 1. The van der Waals surface area contributed by atoms with Crippen molar-refractivity contribution in [2.75, 3.05) is 13.1 Å². The minimum Gasteiger partial charge on any atom is -0.322 e. The third-order valence-electron chi connectivity index (χ3n) is 5.91. The molecule has 3 amide bonds. The lowest BCUT2D eigenvalue weighted by molar-refractivity contribution is -0.136. The number of nitrogens with zero attached hydrogens (tertiary/aromatic N) is 4. The molecule has 2 fully saturated rings. The first-order chi connectivity index (χ1) is 14.6. The van der Waals surface area contributed by atoms with Crippen LogP contribution in [0.25, 0.3) is 0 Å². The number of piperidine rings is 1. The van der Waals surface area contributed by atoms with Gasteiger partial charge in [-0.05, 0) is 23.6 Å². The molecule has 1 aromatic carbocycles. The zero-order valence-electron chi connectivity index (χ0n) is 16.4. The second kappa shape index (κ2) is 7.62. The first-order valence-corrected chi connectivity index (χ1v) is 10.2. The number of aromatic nitrogens is 3. The molecule has 0 radical (unpaired) electrons. The van der Waals surface area contributed by atoms with E-state index < -0.39 is 6.04 Å². The molecule has 1 atom stereocenters. The Hall–Kier alpha value is -3.11. The Morgan fingerprint density at radius 2 is 2.03 bits per heavy atom. The van der Waals surface area contributed by atoms with Crippen molar-refractivity contribution in [3.63, 3.8) is 0 Å². The van der Waals surface area contributed by atoms with Gasteiger partial charge in [0.25, 0.3) is 5.91 Å². The number of rotatable bonds is 6. The van der Waals surface area contributed by atoms with Gasteiger partial charge in [0.05, 0.1) is 17.9 Å². The third-order valence-corrected chi connectivity index (χ3v) is 5.91. The lowest BCUT2D eigenvalue weighted by Gasteiger charge is -2.29. The SMILES string of the molecule is O=C1CCC(N2Cc3cc(CNCc4cn(C5CNC5)nn4)ccc3C2=O)C(=O)N1. The summed E-state index contributed by atoms with van der Waals surface area (Å²) in [7, 11) is 0. The molecule has 0 aliphatic carbocycles. The smallest absolute Gasteiger partial charge is 0.255 e. The van der Waals surface area contributed by atoms with Crippen LogP contribution >= 0.6 is 0 Å². The Bertz CT molecular complexity index is 1010. The van der Waals surface area contributed by atoms with Gasteiger partial charge in [0, 0.05) is 44.7 Å². The number of carbonyl (C=O) groups is 3. The van der Waals surface area contributed by atoms with Crippen LogP contribution in [0.3, 0.4) is 0 Å². The number of carbonyl (C=O) groups excluding carboxylic acids is 3. The molecule has 0 spiro atoms. The number of nitrogens with one attached hydrogen (secondary N) is 3. The minimum absolute atomic E-state index is 0.152. The summed E-state index contributed by atoms with van der Waals surface area (Å²) in [5.74, 6) is -0.820. The molecule has 3 aliphatic heterocycles. The predicted molar refractivity (Wildman–Crippen MR) is 105 cm³/mol. The topological polar surface area (TPSA) is 121 Å². The molecule has 10 heteroatoms. The fourth-order valence-electron chi connectivity index (χ4n) is 4.11. The molecule has 2 saturated heterocycles. The average molecular weight is 409 g/mol. The quantitative estimate of drug-likeness (QED) is 0.549. The van der Waals surface area contributed by atoms with Gasteiger partial charge in [-0.25, -0.2) is 4.68 Å². The summed E-state index contributed by atoms with van der Waals surface area (Å²) in [6.45, 7) is 3.49. The molecule has 1 unspecified atom stereocenters. The maximum Gasteiger partial charge on any atom is 0.255 e. The van der Waals surface area contributed by atoms with Gasteiger partial charge in [0.2, 0.25) is 11.8 Å². The van der Waals surface area contributed by atoms with Gasteiger partial charge in [0.15, 0.2) is 0 Å². The molecular formula is C20H23N7O3. The van der Waals surface area contributed by atoms with Crippen LogP contribution in [0.4, 0.5) is 0 Å². The van der Waals surface area contributed by atoms with E-state index in [-0.39, 0.29) is 24.1 Å². The van der Waals surface area contributed by atoms with Crippen LogP contribution in [0.2, 0.25) is 0 Å². The van der Waals surface area contributed by atoms with E-state index in [1.165, 1.54) is 0 Å². The third kappa shape index (κ3) is 3.48. The van der Waals surface area contributed by atoms with E-state index in [1.54, 1.807) is 4.90 Å². The fourth-order valence-corrected chi connectivity index (χ4v) is 4.11. The second-order valence-electron chi connectivity index (χ2n) is 8.00. The van der Waals surface area contributed by atoms with Crippen molar-refractivity contribution in [3.8, 4) is 0 Å². The molecule has 3 N–H and O–H groups in total. The van der Waals surface area contributed by atoms with E-state index in [9.17, 15) is 14.4 Å². The van der Waals surface area contributed by atoms with Crippen LogP contribution in [0.15, 0.2) is 24.4 Å². The van der Waals surface area contributed by atoms with Crippen molar-refractivity contribution in [1.29, 1.82) is 0 Å². The van der Waals surface area contributed by atoms with Crippen molar-refractivity contribution in [1.82, 2.24) is 35.8 Å². The summed E-state index contributed by atoms with van der Waals surface area (Å²) >= 11 is 0. The van der Waals surface area contributed by atoms with E-state index in [4.69, 9.17) is 0 Å². The minimum atomic E-state index is -0.586. The maximum absolute atomic E-state index is 12.7. The largest absolute Gasteiger partial charge is 0.322 e. The first kappa shape index (κ1) is 18.9. The maximum atomic E-state index is 12.7. The van der Waals surface area contributed by atoms with E-state index in [1.807, 2.05) is 29.1 Å². The van der Waals surface area contributed by atoms with Crippen molar-refractivity contribution >= 4 is 17.7 Å². The standard InChI is InChI=1S/C20H23N7O3/c28-18-4-3-17(19(29)23-18)26-10-13-5-12(1-2-16(13)20(26)30)6-21-7-14-11-27(25-24-14)15-8-22-9-15/h1-2,5,11,15,17,21-22H,3-4,6-10H2,(H,23,28,29). The molecule has 0 bridgehead atoms. The Labute approximate surface area is 173 Å². The lowest BCUT2D eigenvalue weighted by atomic mass is 10.0. The van der Waals surface area contributed by atoms with E-state index in [0.717, 1.165) is 29.9 Å². The Morgan fingerprint density at radius 3 is 2.80 bits per heavy atom. The Morgan fingerprint density at radius 1 is 1.17 bits per heavy atom. The molecular weight excluding hydrogens is 386 g/mol. The summed E-state index contributed by atoms with van der Waals surface area (Å²) in [5, 5.41) is 17.3. The van der Waals surface area contributed by atoms with E-state index in [0.29, 0.717) is 37.7 Å². The van der Waals surface area contributed by atoms with Crippen LogP contribution in [-0.4, -0.2) is 56.7 Å². The highest BCUT2D eigenvalue weighted by Gasteiger charge is 2.39. The van der Waals surface area contributed by atoms with Gasteiger partial charge < -0.3 is 15.5 Å². The predicted octanol–water partition coefficient (Wildman–Crippen LogP) is -0.527. The number of imide groups is 1. The van der Waals surface area contributed by atoms with Gasteiger partial charge in [-0.2, -0.15) is 0 Å². The molecule has 0 saturated carbocycles. The van der Waals surface area contributed by atoms with Crippen LogP contribution in [0.5, 0.6) is 0 Å². The molecule has 4 heterocycles. The van der Waals surface area contributed by atoms with Gasteiger partial charge in [-0.1, -0.05) is 17.3 Å². The highest BCUT2D eigenvalue weighted by molar-refractivity contribution is 6.05. The van der Waals surface area contributed by atoms with Gasteiger partial charge in [0.1, 0.15) is 6.04 Å². The van der Waals surface area contributed by atoms with E-state index in [2.05, 4.69) is 26.3 Å². The van der Waals surface area contributed by atoms with Crippen molar-refractivity contribution in [2.24, 2.45) is 0 Å².